The molecule has 0 aliphatic carbocycles. The third kappa shape index (κ3) is 3.68. The van der Waals surface area contributed by atoms with Crippen molar-refractivity contribution in [2.24, 2.45) is 12.8 Å². The lowest BCUT2D eigenvalue weighted by molar-refractivity contribution is 0.0949. The van der Waals surface area contributed by atoms with E-state index in [1.807, 2.05) is 7.05 Å². The van der Waals surface area contributed by atoms with Crippen LogP contribution in [0, 0.1) is 17.7 Å². The highest BCUT2D eigenvalue weighted by molar-refractivity contribution is 5.96. The molecule has 0 bridgehead atoms. The van der Waals surface area contributed by atoms with Crippen LogP contribution in [0.4, 0.5) is 4.39 Å². The summed E-state index contributed by atoms with van der Waals surface area (Å²) in [5.41, 5.74) is 5.94. The van der Waals surface area contributed by atoms with Gasteiger partial charge in [0.25, 0.3) is 5.91 Å². The van der Waals surface area contributed by atoms with Crippen LogP contribution in [0.5, 0.6) is 0 Å². The van der Waals surface area contributed by atoms with E-state index >= 15 is 0 Å². The van der Waals surface area contributed by atoms with E-state index in [4.69, 9.17) is 5.73 Å². The molecule has 1 heterocycles. The molecule has 1 aromatic heterocycles. The maximum absolute atomic E-state index is 13.3. The van der Waals surface area contributed by atoms with Crippen LogP contribution < -0.4 is 11.1 Å². The van der Waals surface area contributed by atoms with Crippen molar-refractivity contribution in [2.75, 3.05) is 6.54 Å². The van der Waals surface area contributed by atoms with E-state index in [1.54, 1.807) is 17.0 Å². The summed E-state index contributed by atoms with van der Waals surface area (Å²) in [7, 11) is 1.83. The van der Waals surface area contributed by atoms with Crippen LogP contribution in [0.15, 0.2) is 30.6 Å². The number of hydrogen-bond donors (Lipinski definition) is 2. The lowest BCUT2D eigenvalue weighted by atomic mass is 10.1. The van der Waals surface area contributed by atoms with E-state index in [0.29, 0.717) is 11.4 Å². The number of amides is 1. The van der Waals surface area contributed by atoms with Crippen LogP contribution in [0.1, 0.15) is 21.7 Å². The second-order valence-electron chi connectivity index (χ2n) is 4.33. The fraction of sp³-hybridized carbons (Fsp3) is 0.200. The van der Waals surface area contributed by atoms with Gasteiger partial charge in [0.2, 0.25) is 0 Å². The number of halogens is 1. The summed E-state index contributed by atoms with van der Waals surface area (Å²) >= 11 is 0. The molecular formula is C15H15FN4O. The van der Waals surface area contributed by atoms with Gasteiger partial charge in [-0.25, -0.2) is 9.37 Å². The lowest BCUT2D eigenvalue weighted by Crippen LogP contribution is -2.25. The van der Waals surface area contributed by atoms with E-state index in [9.17, 15) is 9.18 Å². The number of nitrogens with one attached hydrogen (secondary N) is 1. The SMILES string of the molecule is Cn1ccnc1CNC(=O)c1cc(F)ccc1C#CCN. The maximum Gasteiger partial charge on any atom is 0.253 e. The molecule has 5 nitrogen and oxygen atoms in total. The molecule has 0 spiro atoms. The second-order valence-corrected chi connectivity index (χ2v) is 4.33. The highest BCUT2D eigenvalue weighted by Gasteiger charge is 2.12. The predicted molar refractivity (Wildman–Crippen MR) is 76.7 cm³/mol. The van der Waals surface area contributed by atoms with E-state index in [1.165, 1.54) is 12.1 Å². The van der Waals surface area contributed by atoms with Crippen molar-refractivity contribution < 1.29 is 9.18 Å². The Morgan fingerprint density at radius 2 is 2.33 bits per heavy atom. The van der Waals surface area contributed by atoms with E-state index in [-0.39, 0.29) is 18.7 Å². The van der Waals surface area contributed by atoms with Crippen LogP contribution >= 0.6 is 0 Å². The normalized spacial score (nSPS) is 9.86. The molecule has 0 fully saturated rings. The van der Waals surface area contributed by atoms with Gasteiger partial charge in [-0.2, -0.15) is 0 Å². The topological polar surface area (TPSA) is 72.9 Å². The number of aromatic nitrogens is 2. The Morgan fingerprint density at radius 1 is 1.52 bits per heavy atom. The second kappa shape index (κ2) is 6.68. The molecule has 0 saturated heterocycles. The van der Waals surface area contributed by atoms with Gasteiger partial charge in [0.15, 0.2) is 0 Å². The largest absolute Gasteiger partial charge is 0.345 e. The molecule has 21 heavy (non-hydrogen) atoms. The number of nitrogens with zero attached hydrogens (tertiary/aromatic N) is 2. The van der Waals surface area contributed by atoms with Crippen molar-refractivity contribution >= 4 is 5.91 Å². The van der Waals surface area contributed by atoms with Crippen molar-refractivity contribution in [2.45, 2.75) is 6.54 Å². The standard InChI is InChI=1S/C15H15FN4O/c1-20-8-7-18-14(20)10-19-15(21)13-9-12(16)5-4-11(13)3-2-6-17/h4-5,7-9H,6,10,17H2,1H3,(H,19,21). The number of benzene rings is 1. The van der Waals surface area contributed by atoms with Gasteiger partial charge in [-0.3, -0.25) is 4.79 Å². The summed E-state index contributed by atoms with van der Waals surface area (Å²) in [6.07, 6.45) is 3.42. The Hall–Kier alpha value is -2.65. The first-order valence-corrected chi connectivity index (χ1v) is 6.34. The van der Waals surface area contributed by atoms with E-state index < -0.39 is 11.7 Å². The van der Waals surface area contributed by atoms with Crippen molar-refractivity contribution in [3.63, 3.8) is 0 Å². The van der Waals surface area contributed by atoms with E-state index in [0.717, 1.165) is 6.07 Å². The first-order valence-electron chi connectivity index (χ1n) is 6.34. The molecule has 2 rings (SSSR count). The summed E-state index contributed by atoms with van der Waals surface area (Å²) in [5, 5.41) is 2.70. The van der Waals surface area contributed by atoms with Gasteiger partial charge in [-0.1, -0.05) is 11.8 Å². The number of carbonyl (C=O) groups is 1. The van der Waals surface area contributed by atoms with Crippen LogP contribution in [0.25, 0.3) is 0 Å². The zero-order valence-electron chi connectivity index (χ0n) is 11.6. The molecule has 0 radical (unpaired) electrons. The average molecular weight is 286 g/mol. The Balaban J connectivity index is 2.18. The van der Waals surface area contributed by atoms with Crippen molar-refractivity contribution in [3.8, 4) is 11.8 Å². The highest BCUT2D eigenvalue weighted by Crippen LogP contribution is 2.10. The molecule has 1 amide bonds. The highest BCUT2D eigenvalue weighted by atomic mass is 19.1. The Kier molecular flexibility index (Phi) is 4.69. The predicted octanol–water partition coefficient (Wildman–Crippen LogP) is 0.799. The first kappa shape index (κ1) is 14.8. The third-order valence-corrected chi connectivity index (χ3v) is 2.88. The van der Waals surface area contributed by atoms with Crippen LogP contribution in [0.2, 0.25) is 0 Å². The smallest absolute Gasteiger partial charge is 0.253 e. The number of aryl methyl sites for hydroxylation is 1. The quantitative estimate of drug-likeness (QED) is 0.820. The van der Waals surface area contributed by atoms with Gasteiger partial charge in [0.05, 0.1) is 18.7 Å². The van der Waals surface area contributed by atoms with Crippen molar-refractivity contribution in [1.29, 1.82) is 0 Å². The molecule has 0 aliphatic heterocycles. The molecule has 1 aromatic carbocycles. The van der Waals surface area contributed by atoms with E-state index in [2.05, 4.69) is 22.1 Å². The van der Waals surface area contributed by atoms with Crippen molar-refractivity contribution in [1.82, 2.24) is 14.9 Å². The molecule has 6 heteroatoms. The number of carbonyl (C=O) groups excluding carboxylic acids is 1. The zero-order valence-corrected chi connectivity index (χ0v) is 11.6. The maximum atomic E-state index is 13.3. The molecule has 0 unspecified atom stereocenters. The van der Waals surface area contributed by atoms with Gasteiger partial charge in [0, 0.05) is 25.0 Å². The Labute approximate surface area is 122 Å². The Morgan fingerprint density at radius 3 is 3.00 bits per heavy atom. The lowest BCUT2D eigenvalue weighted by Gasteiger charge is -2.07. The number of nitrogens with two attached hydrogens (primary N) is 1. The third-order valence-electron chi connectivity index (χ3n) is 2.88. The molecule has 0 atom stereocenters. The fourth-order valence-electron chi connectivity index (χ4n) is 1.78. The van der Waals surface area contributed by atoms with Crippen LogP contribution in [-0.2, 0) is 13.6 Å². The van der Waals surface area contributed by atoms with Crippen molar-refractivity contribution in [3.05, 3.63) is 53.4 Å². The summed E-state index contributed by atoms with van der Waals surface area (Å²) in [4.78, 5) is 16.3. The molecule has 0 aliphatic rings. The van der Waals surface area contributed by atoms with Crippen LogP contribution in [0.3, 0.4) is 0 Å². The molecule has 3 N–H and O–H groups in total. The van der Waals surface area contributed by atoms with Gasteiger partial charge in [-0.15, -0.1) is 0 Å². The molecule has 2 aromatic rings. The fourth-order valence-corrected chi connectivity index (χ4v) is 1.78. The zero-order chi connectivity index (χ0) is 15.2. The molecule has 108 valence electrons. The van der Waals surface area contributed by atoms with Gasteiger partial charge in [0.1, 0.15) is 11.6 Å². The monoisotopic (exact) mass is 286 g/mol. The van der Waals surface area contributed by atoms with Gasteiger partial charge < -0.3 is 15.6 Å². The minimum Gasteiger partial charge on any atom is -0.345 e. The molecule has 0 saturated carbocycles. The van der Waals surface area contributed by atoms with Crippen LogP contribution in [-0.4, -0.2) is 22.0 Å². The van der Waals surface area contributed by atoms with Gasteiger partial charge in [-0.05, 0) is 18.2 Å². The number of hydrogen-bond acceptors (Lipinski definition) is 3. The summed E-state index contributed by atoms with van der Waals surface area (Å²) in [6.45, 7) is 0.425. The molecular weight excluding hydrogens is 271 g/mol. The number of rotatable bonds is 3. The Bertz CT molecular complexity index is 712. The average Bonchev–Trinajstić information content (AvgIpc) is 2.88. The minimum absolute atomic E-state index is 0.172. The first-order chi connectivity index (χ1) is 10.1. The van der Waals surface area contributed by atoms with Gasteiger partial charge >= 0.3 is 0 Å². The minimum atomic E-state index is -0.490. The summed E-state index contributed by atoms with van der Waals surface area (Å²) in [5.74, 6) is 5.23. The summed E-state index contributed by atoms with van der Waals surface area (Å²) < 4.78 is 15.1. The number of imidazole rings is 1. The summed E-state index contributed by atoms with van der Waals surface area (Å²) in [6, 6.07) is 3.89.